The Hall–Kier alpha value is -1.02. The first-order valence-corrected chi connectivity index (χ1v) is 4.27. The van der Waals surface area contributed by atoms with Crippen LogP contribution in [-0.2, 0) is 0 Å². The lowest BCUT2D eigenvalue weighted by Gasteiger charge is -1.89. The third-order valence-corrected chi connectivity index (χ3v) is 1.60. The summed E-state index contributed by atoms with van der Waals surface area (Å²) in [5.74, 6) is 0.611. The van der Waals surface area contributed by atoms with Crippen molar-refractivity contribution in [3.05, 3.63) is 40.3 Å². The quantitative estimate of drug-likeness (QED) is 0.715. The zero-order valence-corrected chi connectivity index (χ0v) is 7.34. The van der Waals surface area contributed by atoms with Gasteiger partial charge in [0.2, 0.25) is 5.56 Å². The highest BCUT2D eigenvalue weighted by molar-refractivity contribution is 6.17. The highest BCUT2D eigenvalue weighted by atomic mass is 35.5. The highest BCUT2D eigenvalue weighted by Crippen LogP contribution is 1.98. The maximum Gasteiger partial charge on any atom is 0.248 e. The minimum atomic E-state index is -0.0805. The average molecular weight is 184 g/mol. The molecule has 0 fully saturated rings. The van der Waals surface area contributed by atoms with Crippen molar-refractivity contribution in [2.24, 2.45) is 0 Å². The van der Waals surface area contributed by atoms with Crippen LogP contribution in [0, 0.1) is 0 Å². The number of nitrogens with one attached hydrogen (secondary N) is 1. The molecule has 0 aliphatic rings. The summed E-state index contributed by atoms with van der Waals surface area (Å²) in [6.45, 7) is 0. The molecular weight excluding hydrogens is 174 g/mol. The Morgan fingerprint density at radius 1 is 1.58 bits per heavy atom. The van der Waals surface area contributed by atoms with Crippen molar-refractivity contribution in [2.45, 2.75) is 6.42 Å². The van der Waals surface area contributed by atoms with Gasteiger partial charge < -0.3 is 4.98 Å². The van der Waals surface area contributed by atoms with Crippen LogP contribution in [0.3, 0.4) is 0 Å². The number of H-pyrrole nitrogens is 1. The lowest BCUT2D eigenvalue weighted by molar-refractivity contribution is 1.22. The van der Waals surface area contributed by atoms with Crippen LogP contribution in [0.4, 0.5) is 0 Å². The highest BCUT2D eigenvalue weighted by Gasteiger charge is 1.85. The van der Waals surface area contributed by atoms with Gasteiger partial charge >= 0.3 is 0 Å². The summed E-state index contributed by atoms with van der Waals surface area (Å²) < 4.78 is 0. The van der Waals surface area contributed by atoms with E-state index in [0.29, 0.717) is 5.88 Å². The van der Waals surface area contributed by atoms with E-state index in [-0.39, 0.29) is 5.56 Å². The fourth-order valence-electron chi connectivity index (χ4n) is 0.847. The maximum atomic E-state index is 10.8. The molecule has 0 atom stereocenters. The van der Waals surface area contributed by atoms with Gasteiger partial charge in [0.25, 0.3) is 0 Å². The van der Waals surface area contributed by atoms with Crippen LogP contribution in [0.25, 0.3) is 6.08 Å². The second-order valence-electron chi connectivity index (χ2n) is 2.37. The number of allylic oxidation sites excluding steroid dienone is 1. The topological polar surface area (TPSA) is 32.9 Å². The number of aromatic nitrogens is 1. The van der Waals surface area contributed by atoms with Crippen molar-refractivity contribution in [1.29, 1.82) is 0 Å². The van der Waals surface area contributed by atoms with Crippen molar-refractivity contribution in [2.75, 3.05) is 5.88 Å². The number of aromatic amines is 1. The molecule has 0 aliphatic heterocycles. The number of halogens is 1. The Balaban J connectivity index is 2.69. The van der Waals surface area contributed by atoms with Gasteiger partial charge in [0.15, 0.2) is 0 Å². The predicted molar refractivity (Wildman–Crippen MR) is 51.4 cm³/mol. The molecule has 12 heavy (non-hydrogen) atoms. The molecule has 1 rings (SSSR count). The molecule has 1 aromatic rings. The molecule has 0 aromatic carbocycles. The maximum absolute atomic E-state index is 10.8. The first-order chi connectivity index (χ1) is 5.83. The fourth-order valence-corrected chi connectivity index (χ4v) is 0.973. The number of alkyl halides is 1. The van der Waals surface area contributed by atoms with Gasteiger partial charge in [0.1, 0.15) is 0 Å². The molecule has 64 valence electrons. The van der Waals surface area contributed by atoms with Gasteiger partial charge in [-0.15, -0.1) is 11.6 Å². The zero-order chi connectivity index (χ0) is 8.81. The minimum absolute atomic E-state index is 0.0805. The molecular formula is C9H10ClNO. The molecule has 0 radical (unpaired) electrons. The molecule has 0 spiro atoms. The fraction of sp³-hybridized carbons (Fsp3) is 0.222. The van der Waals surface area contributed by atoms with E-state index in [1.807, 2.05) is 18.2 Å². The lowest BCUT2D eigenvalue weighted by Crippen LogP contribution is -2.01. The molecule has 0 aliphatic carbocycles. The molecule has 3 heteroatoms. The zero-order valence-electron chi connectivity index (χ0n) is 6.59. The van der Waals surface area contributed by atoms with Crippen LogP contribution >= 0.6 is 11.6 Å². The smallest absolute Gasteiger partial charge is 0.248 e. The van der Waals surface area contributed by atoms with Gasteiger partial charge in [-0.2, -0.15) is 0 Å². The van der Waals surface area contributed by atoms with Gasteiger partial charge in [-0.1, -0.05) is 12.2 Å². The number of hydrogen-bond acceptors (Lipinski definition) is 1. The van der Waals surface area contributed by atoms with Crippen molar-refractivity contribution in [3.63, 3.8) is 0 Å². The summed E-state index contributed by atoms with van der Waals surface area (Å²) in [6.07, 6.45) is 6.29. The van der Waals surface area contributed by atoms with Gasteiger partial charge in [-0.3, -0.25) is 4.79 Å². The van der Waals surface area contributed by atoms with Crippen LogP contribution < -0.4 is 5.56 Å². The van der Waals surface area contributed by atoms with E-state index in [1.165, 1.54) is 0 Å². The molecule has 0 unspecified atom stereocenters. The van der Waals surface area contributed by atoms with Crippen LogP contribution in [-0.4, -0.2) is 10.9 Å². The third kappa shape index (κ3) is 2.93. The van der Waals surface area contributed by atoms with Crippen LogP contribution in [0.15, 0.2) is 29.2 Å². The summed E-state index contributed by atoms with van der Waals surface area (Å²) in [4.78, 5) is 13.4. The summed E-state index contributed by atoms with van der Waals surface area (Å²) in [5.41, 5.74) is 0.826. The standard InChI is InChI=1S/C9H10ClNO/c10-5-2-1-3-8-4-6-11-9(12)7-8/h1,3-4,6-7H,2,5H2,(H,11,12). The van der Waals surface area contributed by atoms with E-state index in [9.17, 15) is 4.79 Å². The van der Waals surface area contributed by atoms with Crippen molar-refractivity contribution >= 4 is 17.7 Å². The molecule has 0 bridgehead atoms. The Kier molecular flexibility index (Phi) is 3.61. The monoisotopic (exact) mass is 183 g/mol. The van der Waals surface area contributed by atoms with E-state index < -0.39 is 0 Å². The summed E-state index contributed by atoms with van der Waals surface area (Å²) in [6, 6.07) is 3.39. The van der Waals surface area contributed by atoms with Gasteiger partial charge in [-0.25, -0.2) is 0 Å². The molecule has 1 heterocycles. The van der Waals surface area contributed by atoms with Crippen LogP contribution in [0.2, 0.25) is 0 Å². The van der Waals surface area contributed by atoms with Gasteiger partial charge in [-0.05, 0) is 18.1 Å². The van der Waals surface area contributed by atoms with Crippen LogP contribution in [0.1, 0.15) is 12.0 Å². The molecule has 0 saturated heterocycles. The van der Waals surface area contributed by atoms with Gasteiger partial charge in [0, 0.05) is 18.1 Å². The first kappa shape index (κ1) is 9.07. The lowest BCUT2D eigenvalue weighted by atomic mass is 10.2. The molecule has 0 amide bonds. The van der Waals surface area contributed by atoms with E-state index in [4.69, 9.17) is 11.6 Å². The summed E-state index contributed by atoms with van der Waals surface area (Å²) >= 11 is 5.48. The predicted octanol–water partition coefficient (Wildman–Crippen LogP) is 2.02. The Bertz CT molecular complexity index is 316. The summed E-state index contributed by atoms with van der Waals surface area (Å²) in [7, 11) is 0. The van der Waals surface area contributed by atoms with Gasteiger partial charge in [0.05, 0.1) is 0 Å². The van der Waals surface area contributed by atoms with Crippen molar-refractivity contribution in [1.82, 2.24) is 4.98 Å². The third-order valence-electron chi connectivity index (χ3n) is 1.39. The van der Waals surface area contributed by atoms with E-state index in [2.05, 4.69) is 4.98 Å². The molecule has 0 saturated carbocycles. The number of hydrogen-bond donors (Lipinski definition) is 1. The molecule has 1 aromatic heterocycles. The minimum Gasteiger partial charge on any atom is -0.329 e. The summed E-state index contributed by atoms with van der Waals surface area (Å²) in [5, 5.41) is 0. The van der Waals surface area contributed by atoms with E-state index in [0.717, 1.165) is 12.0 Å². The molecule has 1 N–H and O–H groups in total. The van der Waals surface area contributed by atoms with E-state index >= 15 is 0 Å². The van der Waals surface area contributed by atoms with E-state index in [1.54, 1.807) is 12.3 Å². The SMILES string of the molecule is O=c1cc(C=CCCCl)cc[nH]1. The Morgan fingerprint density at radius 3 is 3.08 bits per heavy atom. The second-order valence-corrected chi connectivity index (χ2v) is 2.74. The largest absolute Gasteiger partial charge is 0.329 e. The Labute approximate surface area is 75.9 Å². The van der Waals surface area contributed by atoms with Crippen molar-refractivity contribution in [3.8, 4) is 0 Å². The molecule has 2 nitrogen and oxygen atoms in total. The second kappa shape index (κ2) is 4.78. The first-order valence-electron chi connectivity index (χ1n) is 3.74. The number of rotatable bonds is 3. The Morgan fingerprint density at radius 2 is 2.42 bits per heavy atom. The average Bonchev–Trinajstić information content (AvgIpc) is 2.05. The van der Waals surface area contributed by atoms with Crippen molar-refractivity contribution < 1.29 is 0 Å². The number of pyridine rings is 1. The van der Waals surface area contributed by atoms with Crippen LogP contribution in [0.5, 0.6) is 0 Å². The normalized spacial score (nSPS) is 10.8.